The Morgan fingerprint density at radius 2 is 1.57 bits per heavy atom. The van der Waals surface area contributed by atoms with E-state index in [0.29, 0.717) is 10.8 Å². The van der Waals surface area contributed by atoms with Gasteiger partial charge in [0, 0.05) is 0 Å². The summed E-state index contributed by atoms with van der Waals surface area (Å²) < 4.78 is 0. The zero-order valence-corrected chi connectivity index (χ0v) is 11.2. The summed E-state index contributed by atoms with van der Waals surface area (Å²) in [6.07, 6.45) is 6.18. The molecule has 0 atom stereocenters. The average molecular weight is 196 g/mol. The largest absolute Gasteiger partial charge is 0.0845 e. The highest BCUT2D eigenvalue weighted by molar-refractivity contribution is 5.09. The topological polar surface area (TPSA) is 0 Å². The molecule has 0 aromatic rings. The van der Waals surface area contributed by atoms with Crippen molar-refractivity contribution in [2.45, 2.75) is 67.7 Å². The zero-order chi connectivity index (χ0) is 11.4. The van der Waals surface area contributed by atoms with Crippen molar-refractivity contribution >= 4 is 0 Å². The second kappa shape index (κ2) is 5.00. The van der Waals surface area contributed by atoms with Gasteiger partial charge in [-0.3, -0.25) is 0 Å². The standard InChI is InChI=1S/C14H28/c1-8-10-14(6,7)12(2)9-11-13(3,4)5/h9H,8,10-11H2,1-7H3/b12-9+. The van der Waals surface area contributed by atoms with E-state index in [1.807, 2.05) is 0 Å². The molecule has 0 aromatic carbocycles. The molecule has 0 aliphatic carbocycles. The van der Waals surface area contributed by atoms with Gasteiger partial charge in [-0.1, -0.05) is 59.6 Å². The van der Waals surface area contributed by atoms with E-state index in [1.165, 1.54) is 19.3 Å². The summed E-state index contributed by atoms with van der Waals surface area (Å²) in [5.41, 5.74) is 2.36. The molecule has 0 saturated heterocycles. The van der Waals surface area contributed by atoms with Crippen LogP contribution < -0.4 is 0 Å². The molecule has 0 N–H and O–H groups in total. The molecule has 0 unspecified atom stereocenters. The highest BCUT2D eigenvalue weighted by atomic mass is 14.2. The van der Waals surface area contributed by atoms with Crippen molar-refractivity contribution in [2.24, 2.45) is 10.8 Å². The normalized spacial score (nSPS) is 14.6. The van der Waals surface area contributed by atoms with Crippen molar-refractivity contribution in [1.82, 2.24) is 0 Å². The van der Waals surface area contributed by atoms with Gasteiger partial charge in [0.05, 0.1) is 0 Å². The first-order chi connectivity index (χ1) is 6.19. The van der Waals surface area contributed by atoms with Crippen molar-refractivity contribution in [3.8, 4) is 0 Å². The predicted octanol–water partition coefficient (Wildman–Crippen LogP) is 5.20. The molecule has 0 saturated carbocycles. The van der Waals surface area contributed by atoms with Crippen LogP contribution >= 0.6 is 0 Å². The minimum absolute atomic E-state index is 0.389. The first-order valence-corrected chi connectivity index (χ1v) is 5.86. The maximum atomic E-state index is 2.43. The molecule has 0 heterocycles. The van der Waals surface area contributed by atoms with Gasteiger partial charge in [-0.2, -0.15) is 0 Å². The summed E-state index contributed by atoms with van der Waals surface area (Å²) in [5.74, 6) is 0. The van der Waals surface area contributed by atoms with Gasteiger partial charge < -0.3 is 0 Å². The van der Waals surface area contributed by atoms with Crippen LogP contribution in [0.2, 0.25) is 0 Å². The fourth-order valence-electron chi connectivity index (χ4n) is 1.56. The monoisotopic (exact) mass is 196 g/mol. The van der Waals surface area contributed by atoms with Crippen LogP contribution in [0.1, 0.15) is 67.7 Å². The Labute approximate surface area is 90.8 Å². The van der Waals surface area contributed by atoms with Crippen LogP contribution in [0.15, 0.2) is 11.6 Å². The van der Waals surface area contributed by atoms with Gasteiger partial charge >= 0.3 is 0 Å². The third kappa shape index (κ3) is 5.47. The summed E-state index contributed by atoms with van der Waals surface area (Å²) in [4.78, 5) is 0. The molecule has 14 heavy (non-hydrogen) atoms. The molecule has 0 aliphatic heterocycles. The van der Waals surface area contributed by atoms with E-state index in [1.54, 1.807) is 5.57 Å². The zero-order valence-electron chi connectivity index (χ0n) is 11.2. The van der Waals surface area contributed by atoms with E-state index in [9.17, 15) is 0 Å². The summed E-state index contributed by atoms with van der Waals surface area (Å²) in [7, 11) is 0. The lowest BCUT2D eigenvalue weighted by atomic mass is 9.79. The fourth-order valence-corrected chi connectivity index (χ4v) is 1.56. The molecule has 0 spiro atoms. The molecule has 84 valence electrons. The molecule has 0 nitrogen and oxygen atoms in total. The van der Waals surface area contributed by atoms with Gasteiger partial charge in [0.15, 0.2) is 0 Å². The van der Waals surface area contributed by atoms with Crippen LogP contribution in [-0.2, 0) is 0 Å². The smallest absolute Gasteiger partial charge is 0.0148 e. The van der Waals surface area contributed by atoms with Crippen molar-refractivity contribution in [1.29, 1.82) is 0 Å². The van der Waals surface area contributed by atoms with Crippen LogP contribution in [-0.4, -0.2) is 0 Å². The third-order valence-electron chi connectivity index (χ3n) is 2.96. The molecule has 0 aromatic heterocycles. The first-order valence-electron chi connectivity index (χ1n) is 5.86. The molecule has 0 rings (SSSR count). The second-order valence-electron chi connectivity index (χ2n) is 6.29. The maximum Gasteiger partial charge on any atom is -0.0148 e. The van der Waals surface area contributed by atoms with Crippen LogP contribution in [0.3, 0.4) is 0 Å². The molecular weight excluding hydrogens is 168 g/mol. The van der Waals surface area contributed by atoms with E-state index in [4.69, 9.17) is 0 Å². The van der Waals surface area contributed by atoms with Crippen molar-refractivity contribution in [2.75, 3.05) is 0 Å². The molecule has 0 radical (unpaired) electrons. The number of hydrogen-bond acceptors (Lipinski definition) is 0. The maximum absolute atomic E-state index is 2.43. The number of hydrogen-bond donors (Lipinski definition) is 0. The molecular formula is C14H28. The van der Waals surface area contributed by atoms with E-state index in [2.05, 4.69) is 54.5 Å². The summed E-state index contributed by atoms with van der Waals surface area (Å²) in [6.45, 7) is 16.1. The SMILES string of the molecule is CCCC(C)(C)/C(C)=C/CC(C)(C)C. The Morgan fingerprint density at radius 3 is 1.93 bits per heavy atom. The molecule has 0 heteroatoms. The fraction of sp³-hybridized carbons (Fsp3) is 0.857. The first kappa shape index (κ1) is 13.7. The average Bonchev–Trinajstić information content (AvgIpc) is 1.98. The lowest BCUT2D eigenvalue weighted by Crippen LogP contribution is -2.13. The lowest BCUT2D eigenvalue weighted by Gasteiger charge is -2.26. The van der Waals surface area contributed by atoms with E-state index in [-0.39, 0.29) is 0 Å². The van der Waals surface area contributed by atoms with Crippen LogP contribution in [0.4, 0.5) is 0 Å². The minimum Gasteiger partial charge on any atom is -0.0845 e. The van der Waals surface area contributed by atoms with Crippen LogP contribution in [0, 0.1) is 10.8 Å². The highest BCUT2D eigenvalue weighted by Gasteiger charge is 2.19. The van der Waals surface area contributed by atoms with Gasteiger partial charge in [-0.15, -0.1) is 0 Å². The molecule has 0 amide bonds. The van der Waals surface area contributed by atoms with E-state index in [0.717, 1.165) is 0 Å². The van der Waals surface area contributed by atoms with Crippen molar-refractivity contribution in [3.63, 3.8) is 0 Å². The Bertz CT molecular complexity index is 189. The predicted molar refractivity (Wildman–Crippen MR) is 66.5 cm³/mol. The molecule has 0 fully saturated rings. The van der Waals surface area contributed by atoms with Gasteiger partial charge in [-0.05, 0) is 30.6 Å². The highest BCUT2D eigenvalue weighted by Crippen LogP contribution is 2.32. The van der Waals surface area contributed by atoms with E-state index >= 15 is 0 Å². The summed E-state index contributed by atoms with van der Waals surface area (Å²) in [6, 6.07) is 0. The van der Waals surface area contributed by atoms with Crippen LogP contribution in [0.5, 0.6) is 0 Å². The number of allylic oxidation sites excluding steroid dienone is 2. The molecule has 0 aliphatic rings. The molecule has 0 bridgehead atoms. The minimum atomic E-state index is 0.389. The Kier molecular flexibility index (Phi) is 4.91. The summed E-state index contributed by atoms with van der Waals surface area (Å²) in [5, 5.41) is 0. The third-order valence-corrected chi connectivity index (χ3v) is 2.96. The number of rotatable bonds is 4. The second-order valence-corrected chi connectivity index (χ2v) is 6.29. The Morgan fingerprint density at radius 1 is 1.07 bits per heavy atom. The van der Waals surface area contributed by atoms with Gasteiger partial charge in [0.1, 0.15) is 0 Å². The Hall–Kier alpha value is -0.260. The van der Waals surface area contributed by atoms with Gasteiger partial charge in [0.25, 0.3) is 0 Å². The van der Waals surface area contributed by atoms with Gasteiger partial charge in [0.2, 0.25) is 0 Å². The lowest BCUT2D eigenvalue weighted by molar-refractivity contribution is 0.386. The van der Waals surface area contributed by atoms with E-state index < -0.39 is 0 Å². The van der Waals surface area contributed by atoms with Crippen molar-refractivity contribution < 1.29 is 0 Å². The van der Waals surface area contributed by atoms with Gasteiger partial charge in [-0.25, -0.2) is 0 Å². The quantitative estimate of drug-likeness (QED) is 0.542. The Balaban J connectivity index is 4.37. The van der Waals surface area contributed by atoms with Crippen LogP contribution in [0.25, 0.3) is 0 Å². The summed E-state index contributed by atoms with van der Waals surface area (Å²) >= 11 is 0. The van der Waals surface area contributed by atoms with Crippen molar-refractivity contribution in [3.05, 3.63) is 11.6 Å².